The number of benzene rings is 1. The Labute approximate surface area is 121 Å². The molecule has 0 spiro atoms. The number of hydrogen-bond donors (Lipinski definition) is 2. The summed E-state index contributed by atoms with van der Waals surface area (Å²) in [5, 5.41) is 2.86. The molecule has 6 nitrogen and oxygen atoms in total. The summed E-state index contributed by atoms with van der Waals surface area (Å²) in [5.41, 5.74) is 9.01. The number of rotatable bonds is 3. The standard InChI is InChI=1S/C13H11N5OSe/c14-7-9-6-8(4-5-15-9)13(19)16-10-2-1-3-11-12(10)18-20-17-11/h1-6H,7,14H2,(H,16,19). The summed E-state index contributed by atoms with van der Waals surface area (Å²) in [7, 11) is 0. The predicted molar refractivity (Wildman–Crippen MR) is 76.5 cm³/mol. The second-order valence-corrected chi connectivity index (χ2v) is 5.24. The average Bonchev–Trinajstić information content (AvgIpc) is 2.97. The Bertz CT molecular complexity index is 752. The molecular formula is C13H11N5OSe. The number of nitrogens with one attached hydrogen (secondary N) is 1. The van der Waals surface area contributed by atoms with Gasteiger partial charge in [0, 0.05) is 0 Å². The predicted octanol–water partition coefficient (Wildman–Crippen LogP) is 2.14. The van der Waals surface area contributed by atoms with E-state index in [4.69, 9.17) is 5.73 Å². The van der Waals surface area contributed by atoms with E-state index < -0.39 is 0 Å². The Morgan fingerprint density at radius 1 is 1.30 bits per heavy atom. The first-order valence-corrected chi connectivity index (χ1v) is 7.49. The number of hydrogen-bond acceptors (Lipinski definition) is 5. The van der Waals surface area contributed by atoms with Crippen LogP contribution >= 0.6 is 0 Å². The molecule has 0 saturated heterocycles. The van der Waals surface area contributed by atoms with Crippen LogP contribution in [-0.2, 0) is 6.54 Å². The van der Waals surface area contributed by atoms with Gasteiger partial charge in [-0.1, -0.05) is 0 Å². The second kappa shape index (κ2) is 5.50. The van der Waals surface area contributed by atoms with Crippen molar-refractivity contribution in [3.8, 4) is 0 Å². The van der Waals surface area contributed by atoms with Crippen LogP contribution in [0.15, 0.2) is 44.5 Å². The SMILES string of the molecule is NCc1cc(C(=O)Nc2cccc3c2N=[Se]=N3)ccn1. The van der Waals surface area contributed by atoms with Crippen LogP contribution in [0.3, 0.4) is 0 Å². The third-order valence-electron chi connectivity index (χ3n) is 2.82. The molecule has 100 valence electrons. The maximum atomic E-state index is 12.2. The van der Waals surface area contributed by atoms with E-state index in [9.17, 15) is 4.79 Å². The van der Waals surface area contributed by atoms with Crippen LogP contribution < -0.4 is 11.1 Å². The van der Waals surface area contributed by atoms with Gasteiger partial charge in [0.1, 0.15) is 0 Å². The van der Waals surface area contributed by atoms with Crippen molar-refractivity contribution < 1.29 is 4.79 Å². The van der Waals surface area contributed by atoms with Crippen LogP contribution in [-0.4, -0.2) is 25.5 Å². The van der Waals surface area contributed by atoms with Gasteiger partial charge in [-0.15, -0.1) is 0 Å². The molecule has 7 heteroatoms. The van der Waals surface area contributed by atoms with Gasteiger partial charge in [0.25, 0.3) is 0 Å². The van der Waals surface area contributed by atoms with Gasteiger partial charge in [-0.3, -0.25) is 0 Å². The number of nitrogens with two attached hydrogens (primary N) is 1. The van der Waals surface area contributed by atoms with E-state index in [1.165, 1.54) is 0 Å². The summed E-state index contributed by atoms with van der Waals surface area (Å²) in [4.78, 5) is 16.3. The molecule has 3 N–H and O–H groups in total. The molecular weight excluding hydrogens is 321 g/mol. The zero-order chi connectivity index (χ0) is 13.9. The molecule has 2 heterocycles. The number of nitrogens with zero attached hydrogens (tertiary/aromatic N) is 3. The van der Waals surface area contributed by atoms with Crippen molar-refractivity contribution in [2.75, 3.05) is 5.32 Å². The number of amides is 1. The van der Waals surface area contributed by atoms with Crippen LogP contribution in [0.1, 0.15) is 16.1 Å². The van der Waals surface area contributed by atoms with Crippen molar-refractivity contribution in [2.45, 2.75) is 6.54 Å². The summed E-state index contributed by atoms with van der Waals surface area (Å²) in [5.74, 6) is -0.204. The molecule has 1 aliphatic heterocycles. The first-order chi connectivity index (χ1) is 9.78. The zero-order valence-corrected chi connectivity index (χ0v) is 12.1. The van der Waals surface area contributed by atoms with Crippen molar-refractivity contribution >= 4 is 37.5 Å². The molecule has 1 amide bonds. The first-order valence-electron chi connectivity index (χ1n) is 5.95. The zero-order valence-electron chi connectivity index (χ0n) is 10.4. The van der Waals surface area contributed by atoms with E-state index in [1.54, 1.807) is 18.3 Å². The fourth-order valence-electron chi connectivity index (χ4n) is 1.83. The van der Waals surface area contributed by atoms with Gasteiger partial charge in [0.2, 0.25) is 0 Å². The molecule has 0 aliphatic carbocycles. The summed E-state index contributed by atoms with van der Waals surface area (Å²) in [6, 6.07) is 8.91. The van der Waals surface area contributed by atoms with Crippen LogP contribution in [0, 0.1) is 0 Å². The quantitative estimate of drug-likeness (QED) is 0.720. The minimum absolute atomic E-state index is 0.119. The third kappa shape index (κ3) is 2.46. The molecule has 1 aromatic heterocycles. The molecule has 0 unspecified atom stereocenters. The van der Waals surface area contributed by atoms with Gasteiger partial charge in [0.15, 0.2) is 0 Å². The van der Waals surface area contributed by atoms with E-state index in [-0.39, 0.29) is 20.5 Å². The van der Waals surface area contributed by atoms with Crippen molar-refractivity contribution in [1.29, 1.82) is 0 Å². The second-order valence-electron chi connectivity index (χ2n) is 4.13. The third-order valence-corrected chi connectivity index (χ3v) is 3.96. The van der Waals surface area contributed by atoms with Gasteiger partial charge >= 0.3 is 121 Å². The minimum atomic E-state index is -0.204. The Hall–Kier alpha value is -2.08. The van der Waals surface area contributed by atoms with E-state index >= 15 is 0 Å². The summed E-state index contributed by atoms with van der Waals surface area (Å²) < 4.78 is 8.61. The number of pyridine rings is 1. The molecule has 20 heavy (non-hydrogen) atoms. The van der Waals surface area contributed by atoms with Crippen molar-refractivity contribution in [3.63, 3.8) is 0 Å². The van der Waals surface area contributed by atoms with E-state index in [0.29, 0.717) is 23.5 Å². The molecule has 1 aromatic carbocycles. The fourth-order valence-corrected chi connectivity index (χ4v) is 2.99. The Morgan fingerprint density at radius 2 is 2.20 bits per heavy atom. The van der Waals surface area contributed by atoms with Crippen LogP contribution in [0.4, 0.5) is 17.1 Å². The molecule has 1 aliphatic rings. The number of carbonyl (C=O) groups is 1. The summed E-state index contributed by atoms with van der Waals surface area (Å²) >= 11 is -0.119. The maximum absolute atomic E-state index is 12.2. The van der Waals surface area contributed by atoms with Crippen molar-refractivity contribution in [3.05, 3.63) is 47.8 Å². The van der Waals surface area contributed by atoms with Gasteiger partial charge in [-0.25, -0.2) is 0 Å². The number of anilines is 1. The summed E-state index contributed by atoms with van der Waals surface area (Å²) in [6.07, 6.45) is 1.58. The number of carbonyl (C=O) groups excluding carboxylic acids is 1. The number of fused-ring (bicyclic) bond motifs is 1. The molecule has 3 rings (SSSR count). The Morgan fingerprint density at radius 3 is 3.05 bits per heavy atom. The molecule has 0 atom stereocenters. The van der Waals surface area contributed by atoms with Gasteiger partial charge in [-0.05, 0) is 0 Å². The van der Waals surface area contributed by atoms with Crippen molar-refractivity contribution in [2.24, 2.45) is 13.7 Å². The average molecular weight is 332 g/mol. The van der Waals surface area contributed by atoms with E-state index in [0.717, 1.165) is 11.4 Å². The van der Waals surface area contributed by atoms with Crippen LogP contribution in [0.2, 0.25) is 0 Å². The molecule has 0 fully saturated rings. The summed E-state index contributed by atoms with van der Waals surface area (Å²) in [6.45, 7) is 0.304. The molecule has 0 radical (unpaired) electrons. The first kappa shape index (κ1) is 12.9. The van der Waals surface area contributed by atoms with Gasteiger partial charge in [0.05, 0.1) is 0 Å². The normalized spacial score (nSPS) is 11.8. The van der Waals surface area contributed by atoms with E-state index in [2.05, 4.69) is 18.2 Å². The van der Waals surface area contributed by atoms with Crippen molar-refractivity contribution in [1.82, 2.24) is 4.98 Å². The van der Waals surface area contributed by atoms with Crippen LogP contribution in [0.5, 0.6) is 0 Å². The van der Waals surface area contributed by atoms with Crippen LogP contribution in [0.25, 0.3) is 0 Å². The van der Waals surface area contributed by atoms with Gasteiger partial charge in [-0.2, -0.15) is 0 Å². The van der Waals surface area contributed by atoms with E-state index in [1.807, 2.05) is 18.2 Å². The van der Waals surface area contributed by atoms with Gasteiger partial charge < -0.3 is 0 Å². The molecule has 2 aromatic rings. The Kier molecular flexibility index (Phi) is 3.56. The topological polar surface area (TPSA) is 92.7 Å². The monoisotopic (exact) mass is 333 g/mol. The molecule has 0 saturated carbocycles. The fraction of sp³-hybridized carbons (Fsp3) is 0.0769. The molecule has 0 bridgehead atoms. The number of aromatic nitrogens is 1. The Balaban J connectivity index is 1.87.